The molecule has 2 saturated carbocycles. The molecule has 0 aromatic carbocycles. The van der Waals surface area contributed by atoms with E-state index >= 15 is 0 Å². The summed E-state index contributed by atoms with van der Waals surface area (Å²) in [5, 5.41) is 8.86. The van der Waals surface area contributed by atoms with E-state index in [1.54, 1.807) is 0 Å². The van der Waals surface area contributed by atoms with E-state index in [9.17, 15) is 10.1 Å². The molecule has 3 rings (SSSR count). The molecule has 1 heterocycles. The minimum Gasteiger partial charge on any atom is -0.347 e. The number of carbonyl (C=O) groups is 1. The third kappa shape index (κ3) is 0.796. The zero-order chi connectivity index (χ0) is 9.92. The molecule has 4 heteroatoms. The van der Waals surface area contributed by atoms with E-state index in [4.69, 9.17) is 16.3 Å². The van der Waals surface area contributed by atoms with Crippen LogP contribution in [0.25, 0.3) is 0 Å². The molecule has 14 heavy (non-hydrogen) atoms. The summed E-state index contributed by atoms with van der Waals surface area (Å²) < 4.78 is 5.59. The SMILES string of the molecule is N#CC12OC3CC1CC(CC2Cl)C3=O. The average molecular weight is 212 g/mol. The number of ether oxygens (including phenoxy) is 1. The summed E-state index contributed by atoms with van der Waals surface area (Å²) in [5.41, 5.74) is -0.866. The molecule has 3 nitrogen and oxygen atoms in total. The first-order chi connectivity index (χ1) is 6.67. The van der Waals surface area contributed by atoms with Crippen molar-refractivity contribution in [2.45, 2.75) is 36.3 Å². The number of halogens is 1. The third-order valence-corrected chi connectivity index (χ3v) is 4.36. The van der Waals surface area contributed by atoms with Gasteiger partial charge in [0, 0.05) is 11.8 Å². The highest BCUT2D eigenvalue weighted by Crippen LogP contribution is 2.54. The molecule has 2 aliphatic carbocycles. The van der Waals surface area contributed by atoms with Gasteiger partial charge in [-0.25, -0.2) is 0 Å². The standard InChI is InChI=1S/C10H10ClNO2/c11-8-2-5-1-6-3-7(9(5)13)14-10(6,8)4-12/h5-8H,1-3H2. The summed E-state index contributed by atoms with van der Waals surface area (Å²) in [6.45, 7) is 0. The lowest BCUT2D eigenvalue weighted by molar-refractivity contribution is -0.132. The Bertz CT molecular complexity index is 349. The fraction of sp³-hybridized carbons (Fsp3) is 0.800. The van der Waals surface area contributed by atoms with Gasteiger partial charge in [-0.1, -0.05) is 0 Å². The molecule has 5 atom stereocenters. The lowest BCUT2D eigenvalue weighted by atomic mass is 9.66. The van der Waals surface area contributed by atoms with Gasteiger partial charge in [-0.05, 0) is 19.3 Å². The first kappa shape index (κ1) is 8.70. The number of hydrogen-bond donors (Lipinski definition) is 0. The maximum absolute atomic E-state index is 11.8. The molecule has 74 valence electrons. The summed E-state index contributed by atoms with van der Waals surface area (Å²) in [6.07, 6.45) is 1.77. The van der Waals surface area contributed by atoms with Gasteiger partial charge < -0.3 is 4.74 Å². The number of hydrogen-bond acceptors (Lipinski definition) is 3. The average Bonchev–Trinajstić information content (AvgIpc) is 2.48. The van der Waals surface area contributed by atoms with Gasteiger partial charge in [-0.15, -0.1) is 11.6 Å². The molecule has 3 fully saturated rings. The van der Waals surface area contributed by atoms with Gasteiger partial charge in [0.25, 0.3) is 0 Å². The highest BCUT2D eigenvalue weighted by atomic mass is 35.5. The third-order valence-electron chi connectivity index (χ3n) is 3.86. The zero-order valence-corrected chi connectivity index (χ0v) is 8.33. The molecular weight excluding hydrogens is 202 g/mol. The van der Waals surface area contributed by atoms with E-state index in [1.165, 1.54) is 0 Å². The summed E-state index contributed by atoms with van der Waals surface area (Å²) in [6, 6.07) is 2.20. The number of fused-ring (bicyclic) bond motifs is 2. The molecule has 0 radical (unpaired) electrons. The molecule has 5 unspecified atom stereocenters. The molecule has 0 aromatic rings. The second-order valence-corrected chi connectivity index (χ2v) is 5.01. The Morgan fingerprint density at radius 3 is 3.00 bits per heavy atom. The van der Waals surface area contributed by atoms with Crippen molar-refractivity contribution in [2.75, 3.05) is 0 Å². The van der Waals surface area contributed by atoms with Gasteiger partial charge >= 0.3 is 0 Å². The van der Waals surface area contributed by atoms with E-state index < -0.39 is 5.60 Å². The van der Waals surface area contributed by atoms with Gasteiger partial charge in [0.1, 0.15) is 6.10 Å². The molecule has 0 N–H and O–H groups in total. The number of nitrogens with zero attached hydrogens (tertiary/aromatic N) is 1. The van der Waals surface area contributed by atoms with Gasteiger partial charge in [-0.3, -0.25) is 4.79 Å². The molecular formula is C10H10ClNO2. The number of ketones is 1. The van der Waals surface area contributed by atoms with E-state index in [0.717, 1.165) is 6.42 Å². The van der Waals surface area contributed by atoms with Crippen LogP contribution < -0.4 is 0 Å². The maximum atomic E-state index is 11.8. The van der Waals surface area contributed by atoms with Crippen LogP contribution in [-0.4, -0.2) is 22.9 Å². The Kier molecular flexibility index (Phi) is 1.55. The Morgan fingerprint density at radius 1 is 1.50 bits per heavy atom. The van der Waals surface area contributed by atoms with Crippen molar-refractivity contribution in [1.29, 1.82) is 5.26 Å². The number of nitriles is 1. The molecule has 0 spiro atoms. The number of Topliss-reactive ketones (excluding diaryl/α,β-unsaturated/α-hetero) is 1. The zero-order valence-electron chi connectivity index (χ0n) is 7.57. The van der Waals surface area contributed by atoms with Crippen LogP contribution in [0.4, 0.5) is 0 Å². The van der Waals surface area contributed by atoms with Crippen molar-refractivity contribution >= 4 is 17.4 Å². The quantitative estimate of drug-likeness (QED) is 0.567. The molecule has 1 saturated heterocycles. The number of carbonyl (C=O) groups excluding carboxylic acids is 1. The van der Waals surface area contributed by atoms with Crippen molar-refractivity contribution in [1.82, 2.24) is 0 Å². The Morgan fingerprint density at radius 2 is 2.29 bits per heavy atom. The van der Waals surface area contributed by atoms with Crippen LogP contribution in [0, 0.1) is 23.2 Å². The fourth-order valence-electron chi connectivity index (χ4n) is 3.14. The number of alkyl halides is 1. The van der Waals surface area contributed by atoms with Gasteiger partial charge in [0.05, 0.1) is 11.4 Å². The van der Waals surface area contributed by atoms with E-state index in [-0.39, 0.29) is 29.1 Å². The molecule has 3 bridgehead atoms. The lowest BCUT2D eigenvalue weighted by Crippen LogP contribution is -2.48. The Hall–Kier alpha value is -0.590. The van der Waals surface area contributed by atoms with Crippen LogP contribution in [0.2, 0.25) is 0 Å². The second kappa shape index (κ2) is 2.50. The Labute approximate surface area is 87.0 Å². The molecule has 1 aliphatic heterocycles. The first-order valence-corrected chi connectivity index (χ1v) is 5.38. The van der Waals surface area contributed by atoms with Crippen molar-refractivity contribution in [3.63, 3.8) is 0 Å². The highest BCUT2D eigenvalue weighted by Gasteiger charge is 2.63. The maximum Gasteiger partial charge on any atom is 0.174 e. The van der Waals surface area contributed by atoms with Crippen LogP contribution >= 0.6 is 11.6 Å². The summed E-state index contributed by atoms with van der Waals surface area (Å²) in [4.78, 5) is 11.8. The molecule has 0 amide bonds. The molecule has 3 aliphatic rings. The van der Waals surface area contributed by atoms with E-state index in [0.29, 0.717) is 12.8 Å². The minimum absolute atomic E-state index is 0.0465. The van der Waals surface area contributed by atoms with Crippen LogP contribution in [0.3, 0.4) is 0 Å². The predicted octanol–water partition coefficient (Wildman–Crippen LogP) is 1.25. The van der Waals surface area contributed by atoms with Crippen LogP contribution in [0.1, 0.15) is 19.3 Å². The summed E-state index contributed by atoms with van der Waals surface area (Å²) in [5.74, 6) is 0.392. The van der Waals surface area contributed by atoms with Gasteiger partial charge in [0.15, 0.2) is 11.4 Å². The van der Waals surface area contributed by atoms with Crippen molar-refractivity contribution in [2.24, 2.45) is 11.8 Å². The first-order valence-electron chi connectivity index (χ1n) is 4.94. The minimum atomic E-state index is -0.866. The van der Waals surface area contributed by atoms with Gasteiger partial charge in [0.2, 0.25) is 0 Å². The van der Waals surface area contributed by atoms with Crippen molar-refractivity contribution in [3.8, 4) is 6.07 Å². The normalized spacial score (nSPS) is 54.7. The largest absolute Gasteiger partial charge is 0.347 e. The topological polar surface area (TPSA) is 50.1 Å². The van der Waals surface area contributed by atoms with Crippen LogP contribution in [-0.2, 0) is 9.53 Å². The van der Waals surface area contributed by atoms with E-state index in [1.807, 2.05) is 0 Å². The van der Waals surface area contributed by atoms with Crippen LogP contribution in [0.5, 0.6) is 0 Å². The monoisotopic (exact) mass is 211 g/mol. The van der Waals surface area contributed by atoms with Gasteiger partial charge in [-0.2, -0.15) is 5.26 Å². The summed E-state index contributed by atoms with van der Waals surface area (Å²) >= 11 is 6.16. The number of rotatable bonds is 0. The van der Waals surface area contributed by atoms with Crippen LogP contribution in [0.15, 0.2) is 0 Å². The summed E-state index contributed by atoms with van der Waals surface area (Å²) in [7, 11) is 0. The Balaban J connectivity index is 2.10. The van der Waals surface area contributed by atoms with Crippen molar-refractivity contribution in [3.05, 3.63) is 0 Å². The smallest absolute Gasteiger partial charge is 0.174 e. The van der Waals surface area contributed by atoms with Crippen molar-refractivity contribution < 1.29 is 9.53 Å². The predicted molar refractivity (Wildman–Crippen MR) is 48.7 cm³/mol. The molecule has 0 aromatic heterocycles. The highest BCUT2D eigenvalue weighted by molar-refractivity contribution is 6.22. The fourth-order valence-corrected chi connectivity index (χ4v) is 3.63. The second-order valence-electron chi connectivity index (χ2n) is 4.48. The van der Waals surface area contributed by atoms with E-state index in [2.05, 4.69) is 6.07 Å². The lowest BCUT2D eigenvalue weighted by Gasteiger charge is -2.38.